The highest BCUT2D eigenvalue weighted by atomic mass is 35.5. The van der Waals surface area contributed by atoms with Crippen LogP contribution < -0.4 is 0 Å². The number of para-hydroxylation sites is 1. The first-order valence-corrected chi connectivity index (χ1v) is 8.17. The van der Waals surface area contributed by atoms with Gasteiger partial charge in [-0.05, 0) is 12.1 Å². The first-order chi connectivity index (χ1) is 12.7. The third-order valence-corrected chi connectivity index (χ3v) is 4.30. The molecule has 0 saturated heterocycles. The molecule has 0 unspecified atom stereocenters. The summed E-state index contributed by atoms with van der Waals surface area (Å²) in [7, 11) is 0. The predicted octanol–water partition coefficient (Wildman–Crippen LogP) is 4.21. The zero-order valence-corrected chi connectivity index (χ0v) is 14.2. The van der Waals surface area contributed by atoms with Gasteiger partial charge in [0.2, 0.25) is 0 Å². The van der Waals surface area contributed by atoms with Crippen LogP contribution in [0.1, 0.15) is 11.1 Å². The van der Waals surface area contributed by atoms with Gasteiger partial charge in [-0.25, -0.2) is 14.4 Å². The fourth-order valence-corrected chi connectivity index (χ4v) is 2.92. The van der Waals surface area contributed by atoms with Crippen LogP contribution >= 0.6 is 11.6 Å². The summed E-state index contributed by atoms with van der Waals surface area (Å²) >= 11 is 6.03. The van der Waals surface area contributed by atoms with Crippen molar-refractivity contribution in [2.45, 2.75) is 6.54 Å². The highest BCUT2D eigenvalue weighted by Gasteiger charge is 2.16. The second-order valence-electron chi connectivity index (χ2n) is 5.62. The molecule has 0 radical (unpaired) electrons. The number of halogens is 2. The molecular weight excluding hydrogens is 353 g/mol. The van der Waals surface area contributed by atoms with E-state index < -0.39 is 0 Å². The van der Waals surface area contributed by atoms with Gasteiger partial charge in [0.25, 0.3) is 0 Å². The standard InChI is InChI=1S/C19H11ClFN5/c20-18-13(9-22)10-23-19(24-18)17-14-6-2-4-8-16(14)26(25-17)11-12-5-1-3-7-15(12)21/h1-8,10H,11H2. The smallest absolute Gasteiger partial charge is 0.182 e. The average Bonchev–Trinajstić information content (AvgIpc) is 3.02. The topological polar surface area (TPSA) is 67.4 Å². The molecule has 0 saturated carbocycles. The van der Waals surface area contributed by atoms with Gasteiger partial charge in [-0.1, -0.05) is 48.0 Å². The van der Waals surface area contributed by atoms with Gasteiger partial charge in [-0.3, -0.25) is 4.68 Å². The van der Waals surface area contributed by atoms with Crippen molar-refractivity contribution in [3.05, 3.63) is 76.8 Å². The summed E-state index contributed by atoms with van der Waals surface area (Å²) in [5, 5.41) is 14.5. The van der Waals surface area contributed by atoms with Gasteiger partial charge in [-0.2, -0.15) is 10.4 Å². The Morgan fingerprint density at radius 1 is 1.12 bits per heavy atom. The molecule has 2 aromatic carbocycles. The third-order valence-electron chi connectivity index (χ3n) is 4.01. The molecule has 4 aromatic rings. The molecular formula is C19H11ClFN5. The molecule has 0 atom stereocenters. The molecule has 2 heterocycles. The number of nitrogens with zero attached hydrogens (tertiary/aromatic N) is 5. The molecule has 7 heteroatoms. The van der Waals surface area contributed by atoms with E-state index >= 15 is 0 Å². The van der Waals surface area contributed by atoms with E-state index in [2.05, 4.69) is 15.1 Å². The minimum atomic E-state index is -0.286. The van der Waals surface area contributed by atoms with Gasteiger partial charge in [0.1, 0.15) is 23.1 Å². The van der Waals surface area contributed by atoms with Crippen molar-refractivity contribution in [1.82, 2.24) is 19.7 Å². The minimum absolute atomic E-state index is 0.0743. The van der Waals surface area contributed by atoms with Crippen LogP contribution in [0.5, 0.6) is 0 Å². The SMILES string of the molecule is N#Cc1cnc(-c2nn(Cc3ccccc3F)c3ccccc23)nc1Cl. The second kappa shape index (κ2) is 6.54. The van der Waals surface area contributed by atoms with Crippen molar-refractivity contribution in [1.29, 1.82) is 5.26 Å². The van der Waals surface area contributed by atoms with Gasteiger partial charge in [0, 0.05) is 10.9 Å². The molecule has 0 amide bonds. The summed E-state index contributed by atoms with van der Waals surface area (Å²) in [6.07, 6.45) is 1.37. The van der Waals surface area contributed by atoms with Crippen molar-refractivity contribution in [2.24, 2.45) is 0 Å². The molecule has 4 rings (SSSR count). The fraction of sp³-hybridized carbons (Fsp3) is 0.0526. The van der Waals surface area contributed by atoms with E-state index in [4.69, 9.17) is 16.9 Å². The van der Waals surface area contributed by atoms with Crippen LogP contribution in [0, 0.1) is 17.1 Å². The quantitative estimate of drug-likeness (QED) is 0.511. The van der Waals surface area contributed by atoms with Gasteiger partial charge in [-0.15, -0.1) is 0 Å². The summed E-state index contributed by atoms with van der Waals surface area (Å²) in [6.45, 7) is 0.275. The number of benzene rings is 2. The van der Waals surface area contributed by atoms with Crippen molar-refractivity contribution in [3.8, 4) is 17.6 Å². The monoisotopic (exact) mass is 363 g/mol. The first-order valence-electron chi connectivity index (χ1n) is 7.79. The van der Waals surface area contributed by atoms with E-state index in [1.165, 1.54) is 12.3 Å². The Balaban J connectivity index is 1.86. The average molecular weight is 364 g/mol. The largest absolute Gasteiger partial charge is 0.260 e. The molecule has 0 bridgehead atoms. The van der Waals surface area contributed by atoms with Crippen LogP contribution in [0.3, 0.4) is 0 Å². The summed E-state index contributed by atoms with van der Waals surface area (Å²) in [4.78, 5) is 8.38. The third kappa shape index (κ3) is 2.79. The summed E-state index contributed by atoms with van der Waals surface area (Å²) < 4.78 is 15.7. The number of fused-ring (bicyclic) bond motifs is 1. The molecule has 26 heavy (non-hydrogen) atoms. The Morgan fingerprint density at radius 3 is 2.65 bits per heavy atom. The molecule has 2 aromatic heterocycles. The van der Waals surface area contributed by atoms with Crippen LogP contribution in [-0.2, 0) is 6.54 Å². The van der Waals surface area contributed by atoms with Crippen LogP contribution in [0.25, 0.3) is 22.4 Å². The number of nitriles is 1. The second-order valence-corrected chi connectivity index (χ2v) is 5.98. The van der Waals surface area contributed by atoms with Crippen molar-refractivity contribution < 1.29 is 4.39 Å². The molecule has 0 aliphatic rings. The zero-order valence-electron chi connectivity index (χ0n) is 13.4. The van der Waals surface area contributed by atoms with Crippen molar-refractivity contribution in [3.63, 3.8) is 0 Å². The van der Waals surface area contributed by atoms with E-state index in [0.717, 1.165) is 10.9 Å². The summed E-state index contributed by atoms with van der Waals surface area (Å²) in [6, 6.07) is 16.1. The van der Waals surface area contributed by atoms with E-state index in [9.17, 15) is 4.39 Å². The number of aromatic nitrogens is 4. The molecule has 126 valence electrons. The lowest BCUT2D eigenvalue weighted by Gasteiger charge is -2.04. The molecule has 0 aliphatic heterocycles. The Labute approximate surface area is 153 Å². The lowest BCUT2D eigenvalue weighted by atomic mass is 10.2. The van der Waals surface area contributed by atoms with Crippen LogP contribution in [0.2, 0.25) is 5.15 Å². The Hall–Kier alpha value is -3.30. The summed E-state index contributed by atoms with van der Waals surface area (Å²) in [5.41, 5.74) is 2.09. The number of hydrogen-bond acceptors (Lipinski definition) is 4. The van der Waals surface area contributed by atoms with Crippen LogP contribution in [0.4, 0.5) is 4.39 Å². The van der Waals surface area contributed by atoms with Crippen LogP contribution in [0.15, 0.2) is 54.7 Å². The maximum atomic E-state index is 14.0. The highest BCUT2D eigenvalue weighted by Crippen LogP contribution is 2.27. The van der Waals surface area contributed by atoms with E-state index in [0.29, 0.717) is 17.1 Å². The maximum absolute atomic E-state index is 14.0. The predicted molar refractivity (Wildman–Crippen MR) is 96.0 cm³/mol. The maximum Gasteiger partial charge on any atom is 0.182 e. The van der Waals surface area contributed by atoms with Gasteiger partial charge < -0.3 is 0 Å². The van der Waals surface area contributed by atoms with Gasteiger partial charge in [0.05, 0.1) is 18.3 Å². The lowest BCUT2D eigenvalue weighted by molar-refractivity contribution is 0.590. The number of rotatable bonds is 3. The van der Waals surface area contributed by atoms with Crippen molar-refractivity contribution in [2.75, 3.05) is 0 Å². The molecule has 0 N–H and O–H groups in total. The first kappa shape index (κ1) is 16.2. The van der Waals surface area contributed by atoms with Crippen LogP contribution in [-0.4, -0.2) is 19.7 Å². The number of hydrogen-bond donors (Lipinski definition) is 0. The van der Waals surface area contributed by atoms with Crippen molar-refractivity contribution >= 4 is 22.5 Å². The Morgan fingerprint density at radius 2 is 1.88 bits per heavy atom. The highest BCUT2D eigenvalue weighted by molar-refractivity contribution is 6.30. The molecule has 0 aliphatic carbocycles. The molecule has 5 nitrogen and oxygen atoms in total. The normalized spacial score (nSPS) is 10.8. The molecule has 0 spiro atoms. The van der Waals surface area contributed by atoms with E-state index in [1.807, 2.05) is 30.3 Å². The Kier molecular flexibility index (Phi) is 4.07. The van der Waals surface area contributed by atoms with Gasteiger partial charge >= 0.3 is 0 Å². The molecule has 0 fully saturated rings. The van der Waals surface area contributed by atoms with E-state index in [-0.39, 0.29) is 23.1 Å². The fourth-order valence-electron chi connectivity index (χ4n) is 2.75. The van der Waals surface area contributed by atoms with Gasteiger partial charge in [0.15, 0.2) is 11.0 Å². The van der Waals surface area contributed by atoms with E-state index in [1.54, 1.807) is 22.9 Å². The summed E-state index contributed by atoms with van der Waals surface area (Å²) in [5.74, 6) is 0.0313. The lowest BCUT2D eigenvalue weighted by Crippen LogP contribution is -2.04. The minimum Gasteiger partial charge on any atom is -0.260 e. The Bertz CT molecular complexity index is 1160. The zero-order chi connectivity index (χ0) is 18.1.